The molecule has 0 saturated heterocycles. The molecular formula is C24H20N2O5. The third kappa shape index (κ3) is 4.56. The summed E-state index contributed by atoms with van der Waals surface area (Å²) in [5.74, 6) is 1.49. The maximum atomic E-state index is 12.3. The highest BCUT2D eigenvalue weighted by Crippen LogP contribution is 2.25. The molecule has 7 nitrogen and oxygen atoms in total. The van der Waals surface area contributed by atoms with E-state index in [1.807, 2.05) is 25.1 Å². The lowest BCUT2D eigenvalue weighted by molar-refractivity contribution is 0.0929. The Labute approximate surface area is 178 Å². The molecule has 0 aliphatic carbocycles. The Balaban J connectivity index is 1.41. The Morgan fingerprint density at radius 2 is 1.84 bits per heavy atom. The molecule has 156 valence electrons. The number of rotatable bonds is 7. The number of ketones is 1. The molecule has 31 heavy (non-hydrogen) atoms. The second kappa shape index (κ2) is 8.71. The first kappa shape index (κ1) is 20.2. The molecule has 4 rings (SSSR count). The maximum Gasteiger partial charge on any atom is 0.307 e. The van der Waals surface area contributed by atoms with Crippen molar-refractivity contribution in [3.8, 4) is 17.1 Å². The van der Waals surface area contributed by atoms with Crippen LogP contribution in [0, 0.1) is 0 Å². The molecule has 1 N–H and O–H groups in total. The van der Waals surface area contributed by atoms with E-state index in [-0.39, 0.29) is 11.5 Å². The maximum absolute atomic E-state index is 12.3. The number of fused-ring (bicyclic) bond motifs is 1. The van der Waals surface area contributed by atoms with E-state index < -0.39 is 5.91 Å². The van der Waals surface area contributed by atoms with E-state index in [9.17, 15) is 9.59 Å². The number of Topliss-reactive ketones (excluding diaryl/α,β-unsaturated/α-hetero) is 1. The molecule has 4 aromatic rings. The first-order chi connectivity index (χ1) is 15.0. The fourth-order valence-corrected chi connectivity index (χ4v) is 3.05. The van der Waals surface area contributed by atoms with Crippen LogP contribution in [-0.4, -0.2) is 24.5 Å². The van der Waals surface area contributed by atoms with E-state index in [1.54, 1.807) is 42.5 Å². The van der Waals surface area contributed by atoms with Crippen LogP contribution in [0.4, 0.5) is 0 Å². The fraction of sp³-hybridized carbons (Fsp3) is 0.125. The van der Waals surface area contributed by atoms with Crippen LogP contribution < -0.4 is 10.2 Å². The summed E-state index contributed by atoms with van der Waals surface area (Å²) in [7, 11) is 0. The van der Waals surface area contributed by atoms with Crippen LogP contribution >= 0.6 is 0 Å². The van der Waals surface area contributed by atoms with E-state index >= 15 is 0 Å². The zero-order valence-electron chi connectivity index (χ0n) is 17.0. The van der Waals surface area contributed by atoms with Gasteiger partial charge in [-0.1, -0.05) is 24.3 Å². The average molecular weight is 416 g/mol. The van der Waals surface area contributed by atoms with Crippen molar-refractivity contribution < 1.29 is 23.2 Å². The number of nitrogens with zero attached hydrogens (tertiary/aromatic N) is 1. The van der Waals surface area contributed by atoms with Gasteiger partial charge >= 0.3 is 5.91 Å². The van der Waals surface area contributed by atoms with Gasteiger partial charge in [0.25, 0.3) is 0 Å². The standard InChI is InChI=1S/C24H20N2O5/c1-3-29-19-8-10-22-18(12-19)13-23(31-22)24(28)26-25-14-20-9-11-21(30-20)17-6-4-16(5-7-17)15(2)27/h4-14H,3H2,1-2H3,(H,26,28)/b25-14+. The summed E-state index contributed by atoms with van der Waals surface area (Å²) in [6, 6.07) is 17.7. The van der Waals surface area contributed by atoms with Crippen molar-refractivity contribution in [3.63, 3.8) is 0 Å². The van der Waals surface area contributed by atoms with Gasteiger partial charge in [0.05, 0.1) is 12.8 Å². The van der Waals surface area contributed by atoms with Gasteiger partial charge in [-0.3, -0.25) is 9.59 Å². The number of benzene rings is 2. The molecule has 0 atom stereocenters. The summed E-state index contributed by atoms with van der Waals surface area (Å²) >= 11 is 0. The quantitative estimate of drug-likeness (QED) is 0.258. The molecule has 0 aliphatic rings. The molecule has 1 amide bonds. The molecule has 0 bridgehead atoms. The third-order valence-electron chi connectivity index (χ3n) is 4.58. The number of ether oxygens (including phenoxy) is 1. The van der Waals surface area contributed by atoms with Crippen LogP contribution in [0.1, 0.15) is 40.5 Å². The van der Waals surface area contributed by atoms with Gasteiger partial charge in [-0.05, 0) is 50.2 Å². The van der Waals surface area contributed by atoms with Gasteiger partial charge in [-0.15, -0.1) is 0 Å². The van der Waals surface area contributed by atoms with Crippen LogP contribution in [0.3, 0.4) is 0 Å². The number of hydrazone groups is 1. The summed E-state index contributed by atoms with van der Waals surface area (Å²) in [6.45, 7) is 3.99. The molecule has 7 heteroatoms. The number of carbonyl (C=O) groups is 2. The Morgan fingerprint density at radius 1 is 1.03 bits per heavy atom. The van der Waals surface area contributed by atoms with E-state index in [1.165, 1.54) is 13.1 Å². The van der Waals surface area contributed by atoms with Crippen molar-refractivity contribution in [1.29, 1.82) is 0 Å². The lowest BCUT2D eigenvalue weighted by Crippen LogP contribution is -2.16. The Bertz CT molecular complexity index is 1260. The van der Waals surface area contributed by atoms with Crippen LogP contribution in [0.5, 0.6) is 5.75 Å². The van der Waals surface area contributed by atoms with Crippen molar-refractivity contribution in [3.05, 3.63) is 77.7 Å². The topological polar surface area (TPSA) is 94.0 Å². The van der Waals surface area contributed by atoms with Gasteiger partial charge in [-0.2, -0.15) is 5.10 Å². The van der Waals surface area contributed by atoms with Crippen molar-refractivity contribution in [1.82, 2.24) is 5.43 Å². The zero-order valence-corrected chi connectivity index (χ0v) is 17.0. The van der Waals surface area contributed by atoms with E-state index in [0.717, 1.165) is 10.9 Å². The van der Waals surface area contributed by atoms with Gasteiger partial charge in [0, 0.05) is 16.5 Å². The normalized spacial score (nSPS) is 11.2. The molecule has 0 spiro atoms. The predicted octanol–water partition coefficient (Wildman–Crippen LogP) is 5.06. The Hall–Kier alpha value is -4.13. The second-order valence-electron chi connectivity index (χ2n) is 6.78. The highest BCUT2D eigenvalue weighted by atomic mass is 16.5. The molecule has 2 aromatic carbocycles. The fourth-order valence-electron chi connectivity index (χ4n) is 3.05. The number of amides is 1. The van der Waals surface area contributed by atoms with Crippen molar-refractivity contribution in [2.75, 3.05) is 6.61 Å². The number of nitrogens with one attached hydrogen (secondary N) is 1. The molecular weight excluding hydrogens is 396 g/mol. The average Bonchev–Trinajstić information content (AvgIpc) is 3.41. The minimum atomic E-state index is -0.475. The van der Waals surface area contributed by atoms with Gasteiger partial charge in [0.15, 0.2) is 11.5 Å². The Morgan fingerprint density at radius 3 is 2.58 bits per heavy atom. The van der Waals surface area contributed by atoms with Crippen LogP contribution in [-0.2, 0) is 0 Å². The first-order valence-corrected chi connectivity index (χ1v) is 9.74. The monoisotopic (exact) mass is 416 g/mol. The number of hydrogen-bond donors (Lipinski definition) is 1. The summed E-state index contributed by atoms with van der Waals surface area (Å²) in [5, 5.41) is 4.70. The minimum absolute atomic E-state index is 0.00810. The van der Waals surface area contributed by atoms with Crippen LogP contribution in [0.2, 0.25) is 0 Å². The molecule has 0 radical (unpaired) electrons. The van der Waals surface area contributed by atoms with Gasteiger partial charge in [-0.25, -0.2) is 5.43 Å². The van der Waals surface area contributed by atoms with Gasteiger partial charge < -0.3 is 13.6 Å². The number of furan rings is 2. The minimum Gasteiger partial charge on any atom is -0.494 e. The van der Waals surface area contributed by atoms with E-state index in [2.05, 4.69) is 10.5 Å². The molecule has 0 unspecified atom stereocenters. The molecule has 0 aliphatic heterocycles. The SMILES string of the molecule is CCOc1ccc2oc(C(=O)N/N=C/c3ccc(-c4ccc(C(C)=O)cc4)o3)cc2c1. The van der Waals surface area contributed by atoms with E-state index in [4.69, 9.17) is 13.6 Å². The Kier molecular flexibility index (Phi) is 5.66. The van der Waals surface area contributed by atoms with Crippen LogP contribution in [0.25, 0.3) is 22.3 Å². The van der Waals surface area contributed by atoms with Crippen LogP contribution in [0.15, 0.2) is 74.6 Å². The highest BCUT2D eigenvalue weighted by molar-refractivity contribution is 5.97. The number of hydrogen-bond acceptors (Lipinski definition) is 6. The highest BCUT2D eigenvalue weighted by Gasteiger charge is 2.12. The van der Waals surface area contributed by atoms with Gasteiger partial charge in [0.1, 0.15) is 22.9 Å². The third-order valence-corrected chi connectivity index (χ3v) is 4.58. The smallest absolute Gasteiger partial charge is 0.307 e. The largest absolute Gasteiger partial charge is 0.494 e. The summed E-state index contributed by atoms with van der Waals surface area (Å²) in [4.78, 5) is 23.7. The summed E-state index contributed by atoms with van der Waals surface area (Å²) < 4.78 is 16.7. The van der Waals surface area contributed by atoms with Crippen molar-refractivity contribution in [2.45, 2.75) is 13.8 Å². The summed E-state index contributed by atoms with van der Waals surface area (Å²) in [5.41, 5.74) is 4.49. The lowest BCUT2D eigenvalue weighted by atomic mass is 10.1. The number of carbonyl (C=O) groups excluding carboxylic acids is 2. The first-order valence-electron chi connectivity index (χ1n) is 9.74. The molecule has 2 aromatic heterocycles. The van der Waals surface area contributed by atoms with Gasteiger partial charge in [0.2, 0.25) is 0 Å². The van der Waals surface area contributed by atoms with Crippen molar-refractivity contribution >= 4 is 28.9 Å². The molecule has 2 heterocycles. The van der Waals surface area contributed by atoms with E-state index in [0.29, 0.717) is 35.0 Å². The summed E-state index contributed by atoms with van der Waals surface area (Å²) in [6.07, 6.45) is 1.40. The molecule has 0 saturated carbocycles. The lowest BCUT2D eigenvalue weighted by Gasteiger charge is -2.00. The van der Waals surface area contributed by atoms with Crippen molar-refractivity contribution in [2.24, 2.45) is 5.10 Å². The zero-order chi connectivity index (χ0) is 21.8. The second-order valence-corrected chi connectivity index (χ2v) is 6.78. The predicted molar refractivity (Wildman–Crippen MR) is 117 cm³/mol. The molecule has 0 fully saturated rings.